The molecule has 1 aliphatic rings. The van der Waals surface area contributed by atoms with Gasteiger partial charge in [0.05, 0.1) is 12.1 Å². The van der Waals surface area contributed by atoms with Crippen molar-refractivity contribution in [1.82, 2.24) is 10.2 Å². The SMILES string of the molecule is C[C@H](COc1cccc(F)c1)NC(=O)N(C)C[C@H]1CCC[C@@H]1O. The van der Waals surface area contributed by atoms with Gasteiger partial charge in [0.2, 0.25) is 0 Å². The Hall–Kier alpha value is -1.82. The number of hydrogen-bond donors (Lipinski definition) is 2. The van der Waals surface area contributed by atoms with Crippen molar-refractivity contribution in [3.63, 3.8) is 0 Å². The summed E-state index contributed by atoms with van der Waals surface area (Å²) in [4.78, 5) is 13.7. The number of urea groups is 1. The van der Waals surface area contributed by atoms with Gasteiger partial charge in [-0.2, -0.15) is 0 Å². The van der Waals surface area contributed by atoms with Crippen molar-refractivity contribution in [3.8, 4) is 5.75 Å². The molecule has 1 fully saturated rings. The summed E-state index contributed by atoms with van der Waals surface area (Å²) in [7, 11) is 1.72. The second-order valence-corrected chi connectivity index (χ2v) is 6.26. The first-order valence-corrected chi connectivity index (χ1v) is 8.03. The first kappa shape index (κ1) is 17.5. The fraction of sp³-hybridized carbons (Fsp3) is 0.588. The number of benzene rings is 1. The fourth-order valence-corrected chi connectivity index (χ4v) is 2.81. The molecule has 0 aliphatic heterocycles. The zero-order valence-corrected chi connectivity index (χ0v) is 13.7. The molecule has 1 aromatic rings. The molecule has 2 rings (SSSR count). The molecule has 0 heterocycles. The number of aliphatic hydroxyl groups excluding tert-OH is 1. The molecule has 5 nitrogen and oxygen atoms in total. The van der Waals surface area contributed by atoms with Gasteiger partial charge in [0.15, 0.2) is 0 Å². The van der Waals surface area contributed by atoms with E-state index in [1.807, 2.05) is 6.92 Å². The molecule has 23 heavy (non-hydrogen) atoms. The molecule has 3 atom stereocenters. The highest BCUT2D eigenvalue weighted by molar-refractivity contribution is 5.74. The minimum Gasteiger partial charge on any atom is -0.491 e. The lowest BCUT2D eigenvalue weighted by Crippen LogP contribution is -2.46. The van der Waals surface area contributed by atoms with Crippen LogP contribution in [0.15, 0.2) is 24.3 Å². The Morgan fingerprint density at radius 2 is 2.30 bits per heavy atom. The minimum absolute atomic E-state index is 0.157. The molecule has 1 aromatic carbocycles. The monoisotopic (exact) mass is 324 g/mol. The molecule has 0 radical (unpaired) electrons. The van der Waals surface area contributed by atoms with Crippen LogP contribution in [0.3, 0.4) is 0 Å². The summed E-state index contributed by atoms with van der Waals surface area (Å²) < 4.78 is 18.5. The van der Waals surface area contributed by atoms with Gasteiger partial charge in [0, 0.05) is 25.6 Å². The van der Waals surface area contributed by atoms with E-state index in [-0.39, 0.29) is 36.5 Å². The van der Waals surface area contributed by atoms with Gasteiger partial charge in [-0.1, -0.05) is 12.5 Å². The zero-order valence-electron chi connectivity index (χ0n) is 13.7. The van der Waals surface area contributed by atoms with Gasteiger partial charge >= 0.3 is 6.03 Å². The second kappa shape index (κ2) is 8.15. The lowest BCUT2D eigenvalue weighted by atomic mass is 10.1. The highest BCUT2D eigenvalue weighted by atomic mass is 19.1. The largest absolute Gasteiger partial charge is 0.491 e. The molecule has 6 heteroatoms. The molecule has 0 spiro atoms. The molecular weight excluding hydrogens is 299 g/mol. The second-order valence-electron chi connectivity index (χ2n) is 6.26. The predicted octanol–water partition coefficient (Wildman–Crippen LogP) is 2.40. The van der Waals surface area contributed by atoms with E-state index >= 15 is 0 Å². The summed E-state index contributed by atoms with van der Waals surface area (Å²) in [6, 6.07) is 5.51. The van der Waals surface area contributed by atoms with Gasteiger partial charge in [0.25, 0.3) is 0 Å². The van der Waals surface area contributed by atoms with Crippen LogP contribution in [0.1, 0.15) is 26.2 Å². The number of rotatable bonds is 6. The third-order valence-corrected chi connectivity index (χ3v) is 4.14. The third kappa shape index (κ3) is 5.39. The van der Waals surface area contributed by atoms with E-state index in [1.54, 1.807) is 24.1 Å². The summed E-state index contributed by atoms with van der Waals surface area (Å²) in [5.41, 5.74) is 0. The average molecular weight is 324 g/mol. The van der Waals surface area contributed by atoms with Crippen LogP contribution in [0.4, 0.5) is 9.18 Å². The molecule has 2 amide bonds. The number of hydrogen-bond acceptors (Lipinski definition) is 3. The van der Waals surface area contributed by atoms with Crippen LogP contribution in [0.5, 0.6) is 5.75 Å². The van der Waals surface area contributed by atoms with E-state index in [2.05, 4.69) is 5.32 Å². The lowest BCUT2D eigenvalue weighted by molar-refractivity contribution is 0.113. The minimum atomic E-state index is -0.353. The molecule has 1 saturated carbocycles. The number of nitrogens with one attached hydrogen (secondary N) is 1. The van der Waals surface area contributed by atoms with Gasteiger partial charge in [-0.3, -0.25) is 0 Å². The fourth-order valence-electron chi connectivity index (χ4n) is 2.81. The summed E-state index contributed by atoms with van der Waals surface area (Å²) in [6.07, 6.45) is 2.48. The summed E-state index contributed by atoms with van der Waals surface area (Å²) in [6.45, 7) is 2.63. The lowest BCUT2D eigenvalue weighted by Gasteiger charge is -2.25. The van der Waals surface area contributed by atoms with Crippen molar-refractivity contribution in [2.75, 3.05) is 20.2 Å². The molecular formula is C17H25FN2O3. The van der Waals surface area contributed by atoms with Crippen molar-refractivity contribution in [1.29, 1.82) is 0 Å². The Labute approximate surface area is 136 Å². The van der Waals surface area contributed by atoms with E-state index in [0.29, 0.717) is 12.3 Å². The van der Waals surface area contributed by atoms with Crippen molar-refractivity contribution in [2.24, 2.45) is 5.92 Å². The normalized spacial score (nSPS) is 21.7. The van der Waals surface area contributed by atoms with E-state index in [1.165, 1.54) is 12.1 Å². The maximum Gasteiger partial charge on any atom is 0.317 e. The first-order chi connectivity index (χ1) is 11.0. The zero-order chi connectivity index (χ0) is 16.8. The quantitative estimate of drug-likeness (QED) is 0.845. The molecule has 0 unspecified atom stereocenters. The van der Waals surface area contributed by atoms with E-state index in [0.717, 1.165) is 19.3 Å². The highest BCUT2D eigenvalue weighted by Gasteiger charge is 2.27. The van der Waals surface area contributed by atoms with Crippen molar-refractivity contribution in [3.05, 3.63) is 30.1 Å². The molecule has 0 aromatic heterocycles. The molecule has 0 bridgehead atoms. The smallest absolute Gasteiger partial charge is 0.317 e. The Balaban J connectivity index is 1.73. The van der Waals surface area contributed by atoms with Crippen LogP contribution in [0, 0.1) is 11.7 Å². The summed E-state index contributed by atoms with van der Waals surface area (Å²) >= 11 is 0. The van der Waals surface area contributed by atoms with Gasteiger partial charge in [-0.05, 0) is 31.9 Å². The molecule has 0 saturated heterocycles. The van der Waals surface area contributed by atoms with Gasteiger partial charge < -0.3 is 20.1 Å². The number of nitrogens with zero attached hydrogens (tertiary/aromatic N) is 1. The number of carbonyl (C=O) groups excluding carboxylic acids is 1. The van der Waals surface area contributed by atoms with E-state index in [4.69, 9.17) is 4.74 Å². The van der Waals surface area contributed by atoms with Gasteiger partial charge in [-0.25, -0.2) is 9.18 Å². The summed E-state index contributed by atoms with van der Waals surface area (Å²) in [5.74, 6) is 0.243. The Kier molecular flexibility index (Phi) is 6.21. The van der Waals surface area contributed by atoms with E-state index in [9.17, 15) is 14.3 Å². The Morgan fingerprint density at radius 3 is 2.96 bits per heavy atom. The van der Waals surface area contributed by atoms with Crippen molar-refractivity contribution < 1.29 is 19.0 Å². The maximum absolute atomic E-state index is 13.1. The van der Waals surface area contributed by atoms with E-state index < -0.39 is 0 Å². The average Bonchev–Trinajstić information content (AvgIpc) is 2.90. The Morgan fingerprint density at radius 1 is 1.52 bits per heavy atom. The van der Waals surface area contributed by atoms with Crippen LogP contribution >= 0.6 is 0 Å². The first-order valence-electron chi connectivity index (χ1n) is 8.03. The highest BCUT2D eigenvalue weighted by Crippen LogP contribution is 2.25. The number of aliphatic hydroxyl groups is 1. The van der Waals surface area contributed by atoms with Crippen LogP contribution in [0.2, 0.25) is 0 Å². The van der Waals surface area contributed by atoms with Crippen LogP contribution in [-0.2, 0) is 0 Å². The number of halogens is 1. The standard InChI is InChI=1S/C17H25FN2O3/c1-12(11-23-15-7-4-6-14(18)9-15)19-17(22)20(2)10-13-5-3-8-16(13)21/h4,6-7,9,12-13,16,21H,3,5,8,10-11H2,1-2H3,(H,19,22)/t12-,13-,16+/m1/s1. The molecule has 1 aliphatic carbocycles. The van der Waals surface area contributed by atoms with Crippen molar-refractivity contribution >= 4 is 6.03 Å². The predicted molar refractivity (Wildman–Crippen MR) is 85.9 cm³/mol. The van der Waals surface area contributed by atoms with Crippen molar-refractivity contribution in [2.45, 2.75) is 38.3 Å². The molecule has 2 N–H and O–H groups in total. The van der Waals surface area contributed by atoms with Gasteiger partial charge in [0.1, 0.15) is 18.2 Å². The third-order valence-electron chi connectivity index (χ3n) is 4.14. The maximum atomic E-state index is 13.1. The van der Waals surface area contributed by atoms with Crippen LogP contribution < -0.4 is 10.1 Å². The van der Waals surface area contributed by atoms with Gasteiger partial charge in [-0.15, -0.1) is 0 Å². The number of amides is 2. The Bertz CT molecular complexity index is 526. The molecule has 128 valence electrons. The number of ether oxygens (including phenoxy) is 1. The van der Waals surface area contributed by atoms with Crippen LogP contribution in [-0.4, -0.2) is 48.4 Å². The summed E-state index contributed by atoms with van der Waals surface area (Å²) in [5, 5.41) is 12.7. The van der Waals surface area contributed by atoms with Crippen LogP contribution in [0.25, 0.3) is 0 Å². The number of carbonyl (C=O) groups is 1. The topological polar surface area (TPSA) is 61.8 Å².